The van der Waals surface area contributed by atoms with Gasteiger partial charge >= 0.3 is 0 Å². The molecular weight excluding hydrogens is 276 g/mol. The Morgan fingerprint density at radius 1 is 1.18 bits per heavy atom. The summed E-state index contributed by atoms with van der Waals surface area (Å²) in [6.07, 6.45) is 1.53. The summed E-state index contributed by atoms with van der Waals surface area (Å²) in [5, 5.41) is 3.03. The van der Waals surface area contributed by atoms with Crippen LogP contribution in [0.4, 0.5) is 5.69 Å². The molecule has 2 aromatic rings. The Labute approximate surface area is 130 Å². The number of carbonyl (C=O) groups excluding carboxylic acids is 1. The summed E-state index contributed by atoms with van der Waals surface area (Å²) in [5.41, 5.74) is 8.57. The van der Waals surface area contributed by atoms with Gasteiger partial charge in [0.15, 0.2) is 0 Å². The zero-order valence-electron chi connectivity index (χ0n) is 12.4. The van der Waals surface area contributed by atoms with Crippen LogP contribution in [0.3, 0.4) is 0 Å². The first-order chi connectivity index (χ1) is 10.7. The fourth-order valence-corrected chi connectivity index (χ4v) is 2.75. The number of fused-ring (bicyclic) bond motifs is 1. The summed E-state index contributed by atoms with van der Waals surface area (Å²) < 4.78 is 5.60. The lowest BCUT2D eigenvalue weighted by molar-refractivity contribution is -0.123. The third-order valence-electron chi connectivity index (χ3n) is 3.97. The lowest BCUT2D eigenvalue weighted by atomic mass is 9.92. The molecule has 1 unspecified atom stereocenters. The summed E-state index contributed by atoms with van der Waals surface area (Å²) >= 11 is 0. The molecule has 2 aromatic carbocycles. The second-order valence-electron chi connectivity index (χ2n) is 5.51. The second kappa shape index (κ2) is 6.52. The molecule has 1 heterocycles. The SMILES string of the molecule is Nc1ccc(CCNC(=O)C2CCOc3ccccc32)cc1. The Hall–Kier alpha value is -2.49. The third kappa shape index (κ3) is 3.22. The van der Waals surface area contributed by atoms with Gasteiger partial charge in [-0.25, -0.2) is 0 Å². The van der Waals surface area contributed by atoms with Gasteiger partial charge in [0, 0.05) is 17.8 Å². The van der Waals surface area contributed by atoms with E-state index in [1.54, 1.807) is 0 Å². The van der Waals surface area contributed by atoms with Crippen molar-refractivity contribution in [1.29, 1.82) is 0 Å². The van der Waals surface area contributed by atoms with E-state index < -0.39 is 0 Å². The third-order valence-corrected chi connectivity index (χ3v) is 3.97. The van der Waals surface area contributed by atoms with Crippen LogP contribution in [0.2, 0.25) is 0 Å². The molecule has 0 saturated carbocycles. The first kappa shape index (κ1) is 14.4. The van der Waals surface area contributed by atoms with Gasteiger partial charge in [-0.05, 0) is 36.6 Å². The van der Waals surface area contributed by atoms with E-state index in [0.717, 1.165) is 29.8 Å². The number of carbonyl (C=O) groups is 1. The van der Waals surface area contributed by atoms with Crippen LogP contribution in [0, 0.1) is 0 Å². The maximum atomic E-state index is 12.4. The summed E-state index contributed by atoms with van der Waals surface area (Å²) in [7, 11) is 0. The van der Waals surface area contributed by atoms with Crippen LogP contribution in [0.15, 0.2) is 48.5 Å². The molecule has 0 bridgehead atoms. The number of hydrogen-bond donors (Lipinski definition) is 2. The van der Waals surface area contributed by atoms with Crippen molar-refractivity contribution in [2.75, 3.05) is 18.9 Å². The van der Waals surface area contributed by atoms with E-state index in [4.69, 9.17) is 10.5 Å². The van der Waals surface area contributed by atoms with Crippen molar-refractivity contribution < 1.29 is 9.53 Å². The summed E-state index contributed by atoms with van der Waals surface area (Å²) in [6.45, 7) is 1.22. The van der Waals surface area contributed by atoms with Crippen molar-refractivity contribution in [2.45, 2.75) is 18.8 Å². The van der Waals surface area contributed by atoms with E-state index in [0.29, 0.717) is 13.2 Å². The number of nitrogens with two attached hydrogens (primary N) is 1. The maximum Gasteiger partial charge on any atom is 0.227 e. The van der Waals surface area contributed by atoms with Gasteiger partial charge in [-0.15, -0.1) is 0 Å². The highest BCUT2D eigenvalue weighted by molar-refractivity contribution is 5.84. The fraction of sp³-hybridized carbons (Fsp3) is 0.278. The number of amides is 1. The minimum atomic E-state index is -0.114. The summed E-state index contributed by atoms with van der Waals surface area (Å²) in [5.74, 6) is 0.787. The highest BCUT2D eigenvalue weighted by atomic mass is 16.5. The Morgan fingerprint density at radius 3 is 2.77 bits per heavy atom. The quantitative estimate of drug-likeness (QED) is 0.852. The van der Waals surface area contributed by atoms with Gasteiger partial charge in [0.1, 0.15) is 5.75 Å². The van der Waals surface area contributed by atoms with Crippen molar-refractivity contribution in [1.82, 2.24) is 5.32 Å². The Bertz CT molecular complexity index is 652. The largest absolute Gasteiger partial charge is 0.493 e. The number of nitrogens with one attached hydrogen (secondary N) is 1. The van der Waals surface area contributed by atoms with E-state index >= 15 is 0 Å². The molecule has 114 valence electrons. The van der Waals surface area contributed by atoms with E-state index in [1.165, 1.54) is 5.56 Å². The minimum absolute atomic E-state index is 0.0752. The van der Waals surface area contributed by atoms with Gasteiger partial charge in [-0.3, -0.25) is 4.79 Å². The van der Waals surface area contributed by atoms with Crippen molar-refractivity contribution in [3.8, 4) is 5.75 Å². The number of rotatable bonds is 4. The number of hydrogen-bond acceptors (Lipinski definition) is 3. The molecule has 0 fully saturated rings. The van der Waals surface area contributed by atoms with Crippen LogP contribution in [0.1, 0.15) is 23.5 Å². The molecule has 0 saturated heterocycles. The Morgan fingerprint density at radius 2 is 1.95 bits per heavy atom. The summed E-state index contributed by atoms with van der Waals surface area (Å²) in [4.78, 5) is 12.4. The van der Waals surface area contributed by atoms with Gasteiger partial charge in [0.05, 0.1) is 12.5 Å². The van der Waals surface area contributed by atoms with Crippen molar-refractivity contribution in [3.05, 3.63) is 59.7 Å². The number of nitrogen functional groups attached to an aromatic ring is 1. The molecule has 0 radical (unpaired) electrons. The molecule has 3 N–H and O–H groups in total. The molecule has 0 aromatic heterocycles. The lowest BCUT2D eigenvalue weighted by Crippen LogP contribution is -2.33. The monoisotopic (exact) mass is 296 g/mol. The van der Waals surface area contributed by atoms with E-state index in [-0.39, 0.29) is 11.8 Å². The van der Waals surface area contributed by atoms with Crippen LogP contribution in [0.25, 0.3) is 0 Å². The van der Waals surface area contributed by atoms with Crippen molar-refractivity contribution in [2.24, 2.45) is 0 Å². The van der Waals surface area contributed by atoms with Gasteiger partial charge in [-0.2, -0.15) is 0 Å². The first-order valence-electron chi connectivity index (χ1n) is 7.58. The molecule has 4 nitrogen and oxygen atoms in total. The zero-order valence-corrected chi connectivity index (χ0v) is 12.4. The molecule has 0 aliphatic carbocycles. The van der Waals surface area contributed by atoms with Gasteiger partial charge < -0.3 is 15.8 Å². The molecule has 1 amide bonds. The Kier molecular flexibility index (Phi) is 4.28. The van der Waals surface area contributed by atoms with Crippen LogP contribution in [0.5, 0.6) is 5.75 Å². The van der Waals surface area contributed by atoms with Crippen LogP contribution in [-0.4, -0.2) is 19.1 Å². The van der Waals surface area contributed by atoms with Gasteiger partial charge in [-0.1, -0.05) is 30.3 Å². The van der Waals surface area contributed by atoms with E-state index in [9.17, 15) is 4.79 Å². The van der Waals surface area contributed by atoms with E-state index in [1.807, 2.05) is 48.5 Å². The number of ether oxygens (including phenoxy) is 1. The first-order valence-corrected chi connectivity index (χ1v) is 7.58. The average molecular weight is 296 g/mol. The van der Waals surface area contributed by atoms with E-state index in [2.05, 4.69) is 5.32 Å². The summed E-state index contributed by atoms with van der Waals surface area (Å²) in [6, 6.07) is 15.5. The maximum absolute atomic E-state index is 12.4. The van der Waals surface area contributed by atoms with Gasteiger partial charge in [0.25, 0.3) is 0 Å². The fourth-order valence-electron chi connectivity index (χ4n) is 2.75. The predicted octanol–water partition coefficient (Wildman–Crippen LogP) is 2.49. The van der Waals surface area contributed by atoms with Crippen LogP contribution < -0.4 is 15.8 Å². The number of para-hydroxylation sites is 1. The predicted molar refractivity (Wildman–Crippen MR) is 86.9 cm³/mol. The molecule has 22 heavy (non-hydrogen) atoms. The molecule has 0 spiro atoms. The Balaban J connectivity index is 1.58. The zero-order chi connectivity index (χ0) is 15.4. The average Bonchev–Trinajstić information content (AvgIpc) is 2.56. The number of benzene rings is 2. The smallest absolute Gasteiger partial charge is 0.227 e. The van der Waals surface area contributed by atoms with Crippen molar-refractivity contribution in [3.63, 3.8) is 0 Å². The van der Waals surface area contributed by atoms with Gasteiger partial charge in [0.2, 0.25) is 5.91 Å². The molecular formula is C18H20N2O2. The molecule has 3 rings (SSSR count). The second-order valence-corrected chi connectivity index (χ2v) is 5.51. The molecule has 1 atom stereocenters. The molecule has 4 heteroatoms. The highest BCUT2D eigenvalue weighted by Gasteiger charge is 2.26. The lowest BCUT2D eigenvalue weighted by Gasteiger charge is -2.25. The van der Waals surface area contributed by atoms with Crippen LogP contribution >= 0.6 is 0 Å². The number of anilines is 1. The molecule has 1 aliphatic heterocycles. The topological polar surface area (TPSA) is 64.3 Å². The minimum Gasteiger partial charge on any atom is -0.493 e. The molecule has 1 aliphatic rings. The van der Waals surface area contributed by atoms with Crippen molar-refractivity contribution >= 4 is 11.6 Å². The highest BCUT2D eigenvalue weighted by Crippen LogP contribution is 2.33. The van der Waals surface area contributed by atoms with Crippen LogP contribution in [-0.2, 0) is 11.2 Å². The standard InChI is InChI=1S/C18H20N2O2/c19-14-7-5-13(6-8-14)9-11-20-18(21)16-10-12-22-17-4-2-1-3-15(16)17/h1-8,16H,9-12,19H2,(H,20,21). The normalized spacial score (nSPS) is 16.5.